The molecule has 0 saturated heterocycles. The fraction of sp³-hybridized carbons (Fsp3) is 0.211. The van der Waals surface area contributed by atoms with Crippen molar-refractivity contribution in [2.75, 3.05) is 23.3 Å². The van der Waals surface area contributed by atoms with Crippen LogP contribution in [0, 0.1) is 0 Å². The fourth-order valence-electron chi connectivity index (χ4n) is 2.62. The average Bonchev–Trinajstić information content (AvgIpc) is 2.65. The molecule has 0 fully saturated rings. The zero-order valence-corrected chi connectivity index (χ0v) is 15.9. The van der Waals surface area contributed by atoms with Crippen LogP contribution in [0.25, 0.3) is 0 Å². The van der Waals surface area contributed by atoms with Gasteiger partial charge in [-0.3, -0.25) is 0 Å². The number of anilines is 3. The minimum Gasteiger partial charge on any atom is -0.353 e. The lowest BCUT2D eigenvalue weighted by atomic mass is 10.1. The highest BCUT2D eigenvalue weighted by Crippen LogP contribution is 2.23. The molecular weight excluding hydrogens is 369 g/mol. The number of hydrogen-bond acceptors (Lipinski definition) is 5. The topological polar surface area (TPSA) is 53.9 Å². The van der Waals surface area contributed by atoms with E-state index in [2.05, 4.69) is 32.3 Å². The molecule has 26 heavy (non-hydrogen) atoms. The van der Waals surface area contributed by atoms with Crippen LogP contribution in [0.1, 0.15) is 12.5 Å². The molecule has 0 unspecified atom stereocenters. The first-order valence-corrected chi connectivity index (χ1v) is 9.13. The Morgan fingerprint density at radius 1 is 1.08 bits per heavy atom. The molecule has 3 aromatic rings. The van der Waals surface area contributed by atoms with Gasteiger partial charge in [0.1, 0.15) is 0 Å². The number of nitrogens with one attached hydrogen (secondary N) is 1. The minimum absolute atomic E-state index is 0.488. The Bertz CT molecular complexity index is 858. The molecule has 0 amide bonds. The lowest BCUT2D eigenvalue weighted by Crippen LogP contribution is -2.19. The van der Waals surface area contributed by atoms with Crippen LogP contribution >= 0.6 is 23.2 Å². The SMILES string of the molecule is CCN(c1ccccc1)c1cnnc(NCCc2ccc(Cl)cc2Cl)n1. The van der Waals surface area contributed by atoms with Crippen molar-refractivity contribution in [2.24, 2.45) is 0 Å². The lowest BCUT2D eigenvalue weighted by Gasteiger charge is -2.21. The van der Waals surface area contributed by atoms with Crippen molar-refractivity contribution in [1.82, 2.24) is 15.2 Å². The molecule has 0 aliphatic heterocycles. The number of halogens is 2. The molecule has 0 bridgehead atoms. The molecule has 2 aromatic carbocycles. The largest absolute Gasteiger partial charge is 0.353 e. The van der Waals surface area contributed by atoms with E-state index >= 15 is 0 Å². The van der Waals surface area contributed by atoms with E-state index in [4.69, 9.17) is 23.2 Å². The van der Waals surface area contributed by atoms with E-state index in [1.165, 1.54) is 0 Å². The van der Waals surface area contributed by atoms with Crippen molar-refractivity contribution < 1.29 is 0 Å². The third-order valence-corrected chi connectivity index (χ3v) is 4.49. The van der Waals surface area contributed by atoms with E-state index in [1.807, 2.05) is 42.5 Å². The summed E-state index contributed by atoms with van der Waals surface area (Å²) in [7, 11) is 0. The van der Waals surface area contributed by atoms with Crippen molar-refractivity contribution in [3.8, 4) is 0 Å². The average molecular weight is 388 g/mol. The van der Waals surface area contributed by atoms with Gasteiger partial charge in [0.2, 0.25) is 5.95 Å². The van der Waals surface area contributed by atoms with Gasteiger partial charge in [-0.15, -0.1) is 5.10 Å². The van der Waals surface area contributed by atoms with Crippen LogP contribution in [0.5, 0.6) is 0 Å². The van der Waals surface area contributed by atoms with Gasteiger partial charge in [-0.1, -0.05) is 47.5 Å². The number of aromatic nitrogens is 3. The number of hydrogen-bond donors (Lipinski definition) is 1. The quantitative estimate of drug-likeness (QED) is 0.618. The monoisotopic (exact) mass is 387 g/mol. The van der Waals surface area contributed by atoms with E-state index in [-0.39, 0.29) is 0 Å². The molecule has 0 aliphatic rings. The Morgan fingerprint density at radius 3 is 2.62 bits per heavy atom. The van der Waals surface area contributed by atoms with Crippen molar-refractivity contribution in [2.45, 2.75) is 13.3 Å². The summed E-state index contributed by atoms with van der Waals surface area (Å²) in [6.45, 7) is 3.50. The van der Waals surface area contributed by atoms with E-state index in [0.717, 1.165) is 30.0 Å². The normalized spacial score (nSPS) is 10.6. The molecule has 0 aliphatic carbocycles. The summed E-state index contributed by atoms with van der Waals surface area (Å²) in [6, 6.07) is 15.6. The summed E-state index contributed by atoms with van der Waals surface area (Å²) in [5, 5.41) is 12.6. The first kappa shape index (κ1) is 18.4. The number of benzene rings is 2. The Morgan fingerprint density at radius 2 is 1.88 bits per heavy atom. The van der Waals surface area contributed by atoms with Crippen LogP contribution in [0.2, 0.25) is 10.0 Å². The standard InChI is InChI=1S/C19H19Cl2N5/c1-2-26(16-6-4-3-5-7-16)18-13-23-25-19(24-18)22-11-10-14-8-9-15(20)12-17(14)21/h3-9,12-13H,2,10-11H2,1H3,(H,22,24,25). The fourth-order valence-corrected chi connectivity index (χ4v) is 3.12. The predicted molar refractivity (Wildman–Crippen MR) is 108 cm³/mol. The molecule has 3 rings (SSSR count). The second-order valence-corrected chi connectivity index (χ2v) is 6.47. The summed E-state index contributed by atoms with van der Waals surface area (Å²) in [5.41, 5.74) is 2.08. The first-order chi connectivity index (χ1) is 12.7. The molecule has 0 radical (unpaired) electrons. The van der Waals surface area contributed by atoms with Crippen molar-refractivity contribution in [3.63, 3.8) is 0 Å². The van der Waals surface area contributed by atoms with E-state index in [1.54, 1.807) is 12.3 Å². The van der Waals surface area contributed by atoms with Crippen LogP contribution in [0.4, 0.5) is 17.5 Å². The van der Waals surface area contributed by atoms with Crippen LogP contribution in [0.15, 0.2) is 54.7 Å². The summed E-state index contributed by atoms with van der Waals surface area (Å²) >= 11 is 12.1. The molecule has 0 spiro atoms. The maximum Gasteiger partial charge on any atom is 0.244 e. The highest BCUT2D eigenvalue weighted by molar-refractivity contribution is 6.35. The third kappa shape index (κ3) is 4.62. The summed E-state index contributed by atoms with van der Waals surface area (Å²) in [4.78, 5) is 6.65. The van der Waals surface area contributed by atoms with E-state index in [0.29, 0.717) is 22.5 Å². The van der Waals surface area contributed by atoms with Crippen LogP contribution < -0.4 is 10.2 Å². The molecule has 1 aromatic heterocycles. The summed E-state index contributed by atoms with van der Waals surface area (Å²) in [5.74, 6) is 1.24. The molecule has 7 heteroatoms. The zero-order chi connectivity index (χ0) is 18.4. The van der Waals surface area contributed by atoms with E-state index < -0.39 is 0 Å². The summed E-state index contributed by atoms with van der Waals surface area (Å²) < 4.78 is 0. The molecule has 5 nitrogen and oxygen atoms in total. The van der Waals surface area contributed by atoms with Gasteiger partial charge in [-0.25, -0.2) is 0 Å². The minimum atomic E-state index is 0.488. The molecule has 1 N–H and O–H groups in total. The molecular formula is C19H19Cl2N5. The van der Waals surface area contributed by atoms with Crippen LogP contribution in [-0.4, -0.2) is 28.3 Å². The maximum absolute atomic E-state index is 6.20. The Kier molecular flexibility index (Phi) is 6.26. The highest BCUT2D eigenvalue weighted by Gasteiger charge is 2.10. The maximum atomic E-state index is 6.20. The molecule has 1 heterocycles. The number of nitrogens with zero attached hydrogens (tertiary/aromatic N) is 4. The van der Waals surface area contributed by atoms with Crippen molar-refractivity contribution in [1.29, 1.82) is 0 Å². The number of rotatable bonds is 7. The second kappa shape index (κ2) is 8.83. The van der Waals surface area contributed by atoms with Gasteiger partial charge in [-0.05, 0) is 43.2 Å². The smallest absolute Gasteiger partial charge is 0.244 e. The third-order valence-electron chi connectivity index (χ3n) is 3.90. The predicted octanol–water partition coefficient (Wildman–Crippen LogP) is 4.99. The van der Waals surface area contributed by atoms with Gasteiger partial charge in [0.05, 0.1) is 6.20 Å². The van der Waals surface area contributed by atoms with E-state index in [9.17, 15) is 0 Å². The first-order valence-electron chi connectivity index (χ1n) is 8.37. The van der Waals surface area contributed by atoms with Crippen LogP contribution in [0.3, 0.4) is 0 Å². The second-order valence-electron chi connectivity index (χ2n) is 5.63. The van der Waals surface area contributed by atoms with Crippen molar-refractivity contribution in [3.05, 3.63) is 70.3 Å². The Hall–Kier alpha value is -2.37. The Balaban J connectivity index is 1.67. The van der Waals surface area contributed by atoms with Gasteiger partial charge >= 0.3 is 0 Å². The molecule has 134 valence electrons. The van der Waals surface area contributed by atoms with Crippen LogP contribution in [-0.2, 0) is 6.42 Å². The van der Waals surface area contributed by atoms with Crippen molar-refractivity contribution >= 4 is 40.7 Å². The zero-order valence-electron chi connectivity index (χ0n) is 14.4. The Labute approximate surface area is 163 Å². The van der Waals surface area contributed by atoms with Gasteiger partial charge in [0.25, 0.3) is 0 Å². The van der Waals surface area contributed by atoms with Gasteiger partial charge in [0, 0.05) is 28.8 Å². The lowest BCUT2D eigenvalue weighted by molar-refractivity contribution is 0.896. The molecule has 0 saturated carbocycles. The summed E-state index contributed by atoms with van der Waals surface area (Å²) in [6.07, 6.45) is 2.40. The van der Waals surface area contributed by atoms with Gasteiger partial charge in [0.15, 0.2) is 5.82 Å². The van der Waals surface area contributed by atoms with Gasteiger partial charge in [-0.2, -0.15) is 10.1 Å². The number of para-hydroxylation sites is 1. The highest BCUT2D eigenvalue weighted by atomic mass is 35.5. The van der Waals surface area contributed by atoms with Gasteiger partial charge < -0.3 is 10.2 Å². The molecule has 0 atom stereocenters.